The van der Waals surface area contributed by atoms with Crippen LogP contribution in [0.2, 0.25) is 0 Å². The number of hydrogen-bond acceptors (Lipinski definition) is 3. The Morgan fingerprint density at radius 3 is 2.57 bits per heavy atom. The molecule has 0 atom stereocenters. The largest absolute Gasteiger partial charge is 0.345 e. The van der Waals surface area contributed by atoms with E-state index in [0.29, 0.717) is 5.56 Å². The van der Waals surface area contributed by atoms with E-state index in [4.69, 9.17) is 0 Å². The van der Waals surface area contributed by atoms with Gasteiger partial charge in [-0.1, -0.05) is 18.2 Å². The number of hydrogen-bond donors (Lipinski definition) is 2. The van der Waals surface area contributed by atoms with Gasteiger partial charge in [-0.2, -0.15) is 0 Å². The fraction of sp³-hybridized carbons (Fsp3) is 0.300. The average molecular weight is 193 g/mol. The first-order valence-electron chi connectivity index (χ1n) is 4.29. The molecular formula is C10H11NO3. The van der Waals surface area contributed by atoms with Gasteiger partial charge in [0.15, 0.2) is 0 Å². The topological polar surface area (TPSA) is 60.8 Å². The maximum absolute atomic E-state index is 11.6. The molecule has 1 heterocycles. The van der Waals surface area contributed by atoms with Crippen LogP contribution in [-0.4, -0.2) is 28.1 Å². The number of nitrogens with zero attached hydrogens (tertiary/aromatic N) is 1. The van der Waals surface area contributed by atoms with Crippen LogP contribution in [0.3, 0.4) is 0 Å². The van der Waals surface area contributed by atoms with Gasteiger partial charge in [0.2, 0.25) is 0 Å². The van der Waals surface area contributed by atoms with Crippen LogP contribution in [0.25, 0.3) is 0 Å². The highest BCUT2D eigenvalue weighted by atomic mass is 16.5. The van der Waals surface area contributed by atoms with E-state index in [1.165, 1.54) is 7.05 Å². The molecule has 1 aromatic rings. The third-order valence-electron chi connectivity index (χ3n) is 2.62. The van der Waals surface area contributed by atoms with Crippen LogP contribution in [0.4, 0.5) is 0 Å². The van der Waals surface area contributed by atoms with Crippen molar-refractivity contribution in [2.24, 2.45) is 0 Å². The molecular weight excluding hydrogens is 182 g/mol. The zero-order chi connectivity index (χ0) is 10.5. The predicted octanol–water partition coefficient (Wildman–Crippen LogP) is 0.176. The molecule has 0 saturated carbocycles. The molecule has 1 aliphatic rings. The third-order valence-corrected chi connectivity index (χ3v) is 2.62. The van der Waals surface area contributed by atoms with E-state index in [1.54, 1.807) is 25.1 Å². The Morgan fingerprint density at radius 2 is 2.00 bits per heavy atom. The van der Waals surface area contributed by atoms with Crippen molar-refractivity contribution in [3.63, 3.8) is 0 Å². The van der Waals surface area contributed by atoms with Crippen molar-refractivity contribution in [2.75, 3.05) is 7.05 Å². The molecule has 2 rings (SSSR count). The monoisotopic (exact) mass is 193 g/mol. The van der Waals surface area contributed by atoms with Crippen LogP contribution in [0.5, 0.6) is 0 Å². The Morgan fingerprint density at radius 1 is 1.36 bits per heavy atom. The molecule has 0 saturated heterocycles. The summed E-state index contributed by atoms with van der Waals surface area (Å²) in [7, 11) is 1.36. The standard InChI is InChI=1S/C10H11NO3/c1-6-4-3-5-7-8(6)9(12)11(2)10(7,13)14/h3-5,13-14H,1-2H3. The number of aryl methyl sites for hydroxylation is 1. The predicted molar refractivity (Wildman–Crippen MR) is 49.4 cm³/mol. The Kier molecular flexibility index (Phi) is 1.68. The van der Waals surface area contributed by atoms with Crippen LogP contribution in [0, 0.1) is 6.92 Å². The van der Waals surface area contributed by atoms with E-state index < -0.39 is 5.91 Å². The number of amides is 1. The summed E-state index contributed by atoms with van der Waals surface area (Å²) in [6.45, 7) is 1.77. The van der Waals surface area contributed by atoms with E-state index in [9.17, 15) is 15.0 Å². The molecule has 0 radical (unpaired) electrons. The maximum Gasteiger partial charge on any atom is 0.278 e. The molecule has 14 heavy (non-hydrogen) atoms. The second kappa shape index (κ2) is 2.56. The Hall–Kier alpha value is -1.39. The summed E-state index contributed by atoms with van der Waals surface area (Å²) in [6.07, 6.45) is 0. The molecule has 74 valence electrons. The van der Waals surface area contributed by atoms with Gasteiger partial charge in [0.05, 0.1) is 5.56 Å². The molecule has 0 bridgehead atoms. The molecule has 1 aromatic carbocycles. The highest BCUT2D eigenvalue weighted by molar-refractivity contribution is 6.00. The van der Waals surface area contributed by atoms with Crippen molar-refractivity contribution in [3.8, 4) is 0 Å². The zero-order valence-electron chi connectivity index (χ0n) is 7.98. The van der Waals surface area contributed by atoms with Gasteiger partial charge in [0.1, 0.15) is 0 Å². The Balaban J connectivity index is 2.74. The third kappa shape index (κ3) is 0.921. The van der Waals surface area contributed by atoms with E-state index in [-0.39, 0.29) is 11.5 Å². The molecule has 4 heteroatoms. The van der Waals surface area contributed by atoms with Crippen LogP contribution < -0.4 is 0 Å². The molecule has 1 amide bonds. The van der Waals surface area contributed by atoms with Crippen LogP contribution in [-0.2, 0) is 5.91 Å². The smallest absolute Gasteiger partial charge is 0.278 e. The summed E-state index contributed by atoms with van der Waals surface area (Å²) in [6, 6.07) is 5.01. The van der Waals surface area contributed by atoms with Crippen LogP contribution >= 0.6 is 0 Å². The van der Waals surface area contributed by atoms with Gasteiger partial charge in [-0.25, -0.2) is 0 Å². The van der Waals surface area contributed by atoms with Crippen LogP contribution in [0.15, 0.2) is 18.2 Å². The van der Waals surface area contributed by atoms with Gasteiger partial charge < -0.3 is 10.2 Å². The molecule has 1 aliphatic heterocycles. The van der Waals surface area contributed by atoms with E-state index in [0.717, 1.165) is 10.5 Å². The van der Waals surface area contributed by atoms with E-state index >= 15 is 0 Å². The summed E-state index contributed by atoms with van der Waals surface area (Å²) in [5.41, 5.74) is 1.40. The van der Waals surface area contributed by atoms with E-state index in [1.807, 2.05) is 0 Å². The highest BCUT2D eigenvalue weighted by Crippen LogP contribution is 2.35. The molecule has 0 aliphatic carbocycles. The lowest BCUT2D eigenvalue weighted by atomic mass is 10.0. The van der Waals surface area contributed by atoms with Gasteiger partial charge in [-0.3, -0.25) is 9.69 Å². The first-order valence-corrected chi connectivity index (χ1v) is 4.29. The van der Waals surface area contributed by atoms with Crippen LogP contribution in [0.1, 0.15) is 21.5 Å². The molecule has 2 N–H and O–H groups in total. The summed E-state index contributed by atoms with van der Waals surface area (Å²) < 4.78 is 0. The Bertz CT molecular complexity index is 412. The van der Waals surface area contributed by atoms with Gasteiger partial charge >= 0.3 is 0 Å². The summed E-state index contributed by atoms with van der Waals surface area (Å²) in [5, 5.41) is 19.3. The number of carbonyl (C=O) groups is 1. The maximum atomic E-state index is 11.6. The minimum Gasteiger partial charge on any atom is -0.345 e. The fourth-order valence-electron chi connectivity index (χ4n) is 1.72. The first-order chi connectivity index (χ1) is 6.46. The summed E-state index contributed by atoms with van der Waals surface area (Å²) in [4.78, 5) is 12.6. The molecule has 0 fully saturated rings. The van der Waals surface area contributed by atoms with Gasteiger partial charge in [-0.15, -0.1) is 0 Å². The molecule has 4 nitrogen and oxygen atoms in total. The second-order valence-electron chi connectivity index (χ2n) is 3.50. The summed E-state index contributed by atoms with van der Waals surface area (Å²) in [5.74, 6) is -2.53. The lowest BCUT2D eigenvalue weighted by Crippen LogP contribution is -2.40. The first kappa shape index (κ1) is 9.18. The van der Waals surface area contributed by atoms with Gasteiger partial charge in [-0.05, 0) is 12.5 Å². The quantitative estimate of drug-likeness (QED) is 0.578. The number of rotatable bonds is 0. The molecule has 0 spiro atoms. The minimum atomic E-state index is -2.17. The number of fused-ring (bicyclic) bond motifs is 1. The highest BCUT2D eigenvalue weighted by Gasteiger charge is 2.45. The van der Waals surface area contributed by atoms with Crippen molar-refractivity contribution in [3.05, 3.63) is 34.9 Å². The number of aliphatic hydroxyl groups is 2. The van der Waals surface area contributed by atoms with Crippen molar-refractivity contribution in [1.82, 2.24) is 4.90 Å². The molecule has 0 aromatic heterocycles. The van der Waals surface area contributed by atoms with Crippen molar-refractivity contribution in [2.45, 2.75) is 12.8 Å². The second-order valence-corrected chi connectivity index (χ2v) is 3.50. The van der Waals surface area contributed by atoms with Crippen molar-refractivity contribution >= 4 is 5.91 Å². The number of carbonyl (C=O) groups excluding carboxylic acids is 1. The minimum absolute atomic E-state index is 0.255. The number of benzene rings is 1. The lowest BCUT2D eigenvalue weighted by molar-refractivity contribution is -0.242. The average Bonchev–Trinajstić information content (AvgIpc) is 2.30. The lowest BCUT2D eigenvalue weighted by Gasteiger charge is -2.24. The van der Waals surface area contributed by atoms with Crippen molar-refractivity contribution in [1.29, 1.82) is 0 Å². The fourth-order valence-corrected chi connectivity index (χ4v) is 1.72. The SMILES string of the molecule is Cc1cccc2c1C(=O)N(C)C2(O)O. The van der Waals surface area contributed by atoms with Gasteiger partial charge in [0, 0.05) is 12.6 Å². The van der Waals surface area contributed by atoms with E-state index in [2.05, 4.69) is 0 Å². The normalized spacial score (nSPS) is 18.6. The van der Waals surface area contributed by atoms with Crippen molar-refractivity contribution < 1.29 is 15.0 Å². The molecule has 0 unspecified atom stereocenters. The summed E-state index contributed by atoms with van der Waals surface area (Å²) >= 11 is 0. The zero-order valence-corrected chi connectivity index (χ0v) is 7.98. The Labute approximate surface area is 81.4 Å². The van der Waals surface area contributed by atoms with Gasteiger partial charge in [0.25, 0.3) is 11.8 Å².